The highest BCUT2D eigenvalue weighted by Crippen LogP contribution is 1.98. The van der Waals surface area contributed by atoms with Gasteiger partial charge in [-0.25, -0.2) is 0 Å². The van der Waals surface area contributed by atoms with Crippen LogP contribution in [-0.4, -0.2) is 0 Å². The minimum absolute atomic E-state index is 0. The highest BCUT2D eigenvalue weighted by atomic mass is 13.8. The van der Waals surface area contributed by atoms with E-state index in [2.05, 4.69) is 24.3 Å². The molecule has 0 amide bonds. The van der Waals surface area contributed by atoms with Crippen LogP contribution in [0.3, 0.4) is 0 Å². The maximum absolute atomic E-state index is 2.18. The number of hydrogen-bond donors (Lipinski definition) is 0. The molecule has 0 N–H and O–H groups in total. The van der Waals surface area contributed by atoms with E-state index in [0.29, 0.717) is 0 Å². The van der Waals surface area contributed by atoms with E-state index in [1.54, 1.807) is 0 Å². The molecule has 0 aromatic rings. The van der Waals surface area contributed by atoms with Gasteiger partial charge < -0.3 is 0 Å². The summed E-state index contributed by atoms with van der Waals surface area (Å²) in [6.07, 6.45) is 11.0. The predicted molar refractivity (Wildman–Crippen MR) is 56.9 cm³/mol. The van der Waals surface area contributed by atoms with Crippen LogP contribution in [0.25, 0.3) is 0 Å². The van der Waals surface area contributed by atoms with Gasteiger partial charge in [-0.1, -0.05) is 59.4 Å². The van der Waals surface area contributed by atoms with Gasteiger partial charge >= 0.3 is 0 Å². The Morgan fingerprint density at radius 3 is 1.09 bits per heavy atom. The Kier molecular flexibility index (Phi) is 34.7. The van der Waals surface area contributed by atoms with Gasteiger partial charge in [0, 0.05) is 0 Å². The smallest absolute Gasteiger partial charge is 0.0313 e. The van der Waals surface area contributed by atoms with Crippen molar-refractivity contribution in [2.45, 2.75) is 48.0 Å². The molecular formula is C11H24. The Labute approximate surface area is 73.0 Å². The van der Waals surface area contributed by atoms with Crippen molar-refractivity contribution in [1.82, 2.24) is 0 Å². The van der Waals surface area contributed by atoms with Crippen molar-refractivity contribution < 1.29 is 0 Å². The zero-order chi connectivity index (χ0) is 8.24. The van der Waals surface area contributed by atoms with Crippen LogP contribution in [0.1, 0.15) is 48.0 Å². The largest absolute Gasteiger partial charge is 0.0842 e. The van der Waals surface area contributed by atoms with Gasteiger partial charge in [0.2, 0.25) is 0 Å². The summed E-state index contributed by atoms with van der Waals surface area (Å²) in [5, 5.41) is 0. The van der Waals surface area contributed by atoms with Gasteiger partial charge in [0.15, 0.2) is 0 Å². The summed E-state index contributed by atoms with van der Waals surface area (Å²) in [4.78, 5) is 0. The zero-order valence-corrected chi connectivity index (χ0v) is 7.72. The van der Waals surface area contributed by atoms with Gasteiger partial charge in [-0.3, -0.25) is 0 Å². The summed E-state index contributed by atoms with van der Waals surface area (Å²) >= 11 is 0. The van der Waals surface area contributed by atoms with E-state index < -0.39 is 0 Å². The molecule has 1 aliphatic rings. The van der Waals surface area contributed by atoms with E-state index in [0.717, 1.165) is 0 Å². The van der Waals surface area contributed by atoms with Crippen LogP contribution >= 0.6 is 0 Å². The first-order chi connectivity index (χ1) is 5.00. The third-order valence-corrected chi connectivity index (χ3v) is 0.883. The predicted octanol–water partition coefficient (Wildman–Crippen LogP) is 4.58. The molecule has 0 saturated carbocycles. The van der Waals surface area contributed by atoms with Crippen LogP contribution in [0.5, 0.6) is 0 Å². The fourth-order valence-corrected chi connectivity index (χ4v) is 0.542. The molecule has 1 rings (SSSR count). The SMILES string of the molecule is C.C1=CCCC=C1.CC.CC. The molecule has 0 nitrogen and oxygen atoms in total. The monoisotopic (exact) mass is 156 g/mol. The molecule has 0 fully saturated rings. The Hall–Kier alpha value is -0.520. The van der Waals surface area contributed by atoms with E-state index in [-0.39, 0.29) is 7.43 Å². The first-order valence-electron chi connectivity index (χ1n) is 4.32. The second-order valence-electron chi connectivity index (χ2n) is 1.43. The van der Waals surface area contributed by atoms with Crippen LogP contribution in [-0.2, 0) is 0 Å². The molecule has 68 valence electrons. The Bertz CT molecular complexity index is 66.0. The summed E-state index contributed by atoms with van der Waals surface area (Å²) in [7, 11) is 0. The van der Waals surface area contributed by atoms with Crippen molar-refractivity contribution in [3.8, 4) is 0 Å². The summed E-state index contributed by atoms with van der Waals surface area (Å²) in [5.41, 5.74) is 0. The Morgan fingerprint density at radius 1 is 0.727 bits per heavy atom. The summed E-state index contributed by atoms with van der Waals surface area (Å²) in [5.74, 6) is 0. The molecule has 0 atom stereocenters. The van der Waals surface area contributed by atoms with E-state index in [1.807, 2.05) is 27.7 Å². The summed E-state index contributed by atoms with van der Waals surface area (Å²) in [6.45, 7) is 8.00. The summed E-state index contributed by atoms with van der Waals surface area (Å²) < 4.78 is 0. The van der Waals surface area contributed by atoms with Gasteiger partial charge in [0.1, 0.15) is 0 Å². The maximum atomic E-state index is 2.18. The molecule has 0 bridgehead atoms. The lowest BCUT2D eigenvalue weighted by Crippen LogP contribution is -1.67. The molecule has 0 spiro atoms. The zero-order valence-electron chi connectivity index (χ0n) is 7.72. The lowest BCUT2D eigenvalue weighted by molar-refractivity contribution is 1.04. The van der Waals surface area contributed by atoms with Crippen molar-refractivity contribution in [3.63, 3.8) is 0 Å². The van der Waals surface area contributed by atoms with Crippen LogP contribution < -0.4 is 0 Å². The van der Waals surface area contributed by atoms with Crippen LogP contribution in [0.15, 0.2) is 24.3 Å². The Balaban J connectivity index is -0.000000114. The summed E-state index contributed by atoms with van der Waals surface area (Å²) in [6, 6.07) is 0. The number of allylic oxidation sites excluding steroid dienone is 4. The van der Waals surface area contributed by atoms with Gasteiger partial charge in [0.25, 0.3) is 0 Å². The first-order valence-corrected chi connectivity index (χ1v) is 4.32. The highest BCUT2D eigenvalue weighted by molar-refractivity contribution is 5.07. The van der Waals surface area contributed by atoms with Gasteiger partial charge in [-0.15, -0.1) is 0 Å². The van der Waals surface area contributed by atoms with Gasteiger partial charge in [0.05, 0.1) is 0 Å². The highest BCUT2D eigenvalue weighted by Gasteiger charge is 1.77. The van der Waals surface area contributed by atoms with Crippen LogP contribution in [0.2, 0.25) is 0 Å². The normalized spacial score (nSPS) is 11.3. The molecule has 0 aliphatic heterocycles. The average molecular weight is 156 g/mol. The van der Waals surface area contributed by atoms with Crippen LogP contribution in [0, 0.1) is 0 Å². The molecule has 0 aromatic heterocycles. The molecule has 11 heavy (non-hydrogen) atoms. The second-order valence-corrected chi connectivity index (χ2v) is 1.43. The van der Waals surface area contributed by atoms with E-state index >= 15 is 0 Å². The van der Waals surface area contributed by atoms with Crippen molar-refractivity contribution in [1.29, 1.82) is 0 Å². The Morgan fingerprint density at radius 2 is 1.00 bits per heavy atom. The van der Waals surface area contributed by atoms with Crippen LogP contribution in [0.4, 0.5) is 0 Å². The van der Waals surface area contributed by atoms with Crippen molar-refractivity contribution in [3.05, 3.63) is 24.3 Å². The van der Waals surface area contributed by atoms with Crippen molar-refractivity contribution in [2.24, 2.45) is 0 Å². The van der Waals surface area contributed by atoms with Crippen molar-refractivity contribution in [2.75, 3.05) is 0 Å². The molecule has 0 unspecified atom stereocenters. The first kappa shape index (κ1) is 16.8. The third-order valence-electron chi connectivity index (χ3n) is 0.883. The molecule has 1 aliphatic carbocycles. The molecule has 0 heterocycles. The van der Waals surface area contributed by atoms with Crippen molar-refractivity contribution >= 4 is 0 Å². The molecule has 0 heteroatoms. The molecular weight excluding hydrogens is 132 g/mol. The number of hydrogen-bond acceptors (Lipinski definition) is 0. The van der Waals surface area contributed by atoms with Gasteiger partial charge in [-0.2, -0.15) is 0 Å². The lowest BCUT2D eigenvalue weighted by Gasteiger charge is -1.88. The minimum Gasteiger partial charge on any atom is -0.0842 e. The minimum atomic E-state index is 0. The number of rotatable bonds is 0. The van der Waals surface area contributed by atoms with E-state index in [4.69, 9.17) is 0 Å². The lowest BCUT2D eigenvalue weighted by atomic mass is 10.2. The molecule has 0 aromatic carbocycles. The van der Waals surface area contributed by atoms with E-state index in [1.165, 1.54) is 12.8 Å². The second kappa shape index (κ2) is 22.7. The fraction of sp³-hybridized carbons (Fsp3) is 0.636. The molecule has 0 radical (unpaired) electrons. The average Bonchev–Trinajstić information content (AvgIpc) is 2.14. The topological polar surface area (TPSA) is 0 Å². The quantitative estimate of drug-likeness (QED) is 0.481. The van der Waals surface area contributed by atoms with E-state index in [9.17, 15) is 0 Å². The maximum Gasteiger partial charge on any atom is -0.0313 e. The third kappa shape index (κ3) is 17.7. The van der Waals surface area contributed by atoms with Gasteiger partial charge in [-0.05, 0) is 12.8 Å². The molecule has 0 saturated heterocycles. The fourth-order valence-electron chi connectivity index (χ4n) is 0.542. The standard InChI is InChI=1S/C6H8.2C2H6.CH4/c1-2-4-6-5-3-1;2*1-2;/h1-4H,5-6H2;2*1-2H3;1H4.